The molecule has 0 saturated carbocycles. The molecule has 5 heteroatoms. The molecule has 1 aromatic heterocycles. The van der Waals surface area contributed by atoms with Crippen molar-refractivity contribution in [1.82, 2.24) is 14.9 Å². The molecular weight excluding hydrogens is 240 g/mol. The van der Waals surface area contributed by atoms with Gasteiger partial charge in [-0.1, -0.05) is 0 Å². The van der Waals surface area contributed by atoms with Crippen LogP contribution in [0, 0.1) is 5.92 Å². The predicted molar refractivity (Wildman–Crippen MR) is 74.3 cm³/mol. The van der Waals surface area contributed by atoms with Crippen LogP contribution in [-0.2, 0) is 17.7 Å². The lowest BCUT2D eigenvalue weighted by atomic mass is 10.0. The maximum Gasteiger partial charge on any atom is 0.136 e. The number of ether oxygens (including phenoxy) is 1. The monoisotopic (exact) mass is 262 g/mol. The average Bonchev–Trinajstić information content (AvgIpc) is 2.90. The molecule has 1 fully saturated rings. The molecule has 19 heavy (non-hydrogen) atoms. The first-order valence-electron chi connectivity index (χ1n) is 7.04. The van der Waals surface area contributed by atoms with E-state index in [0.29, 0.717) is 5.92 Å². The van der Waals surface area contributed by atoms with Crippen molar-refractivity contribution in [3.8, 4) is 0 Å². The summed E-state index contributed by atoms with van der Waals surface area (Å²) in [6.07, 6.45) is 3.93. The van der Waals surface area contributed by atoms with Crippen LogP contribution in [0.25, 0.3) is 0 Å². The fraction of sp³-hybridized carbons (Fsp3) is 0.714. The van der Waals surface area contributed by atoms with Gasteiger partial charge in [0.15, 0.2) is 0 Å². The van der Waals surface area contributed by atoms with E-state index in [1.165, 1.54) is 17.7 Å². The molecular formula is C14H22N4O. The molecule has 0 N–H and O–H groups in total. The topological polar surface area (TPSA) is 41.5 Å². The molecule has 2 aliphatic heterocycles. The minimum atomic E-state index is 0.703. The first kappa shape index (κ1) is 12.8. The molecule has 0 spiro atoms. The van der Waals surface area contributed by atoms with Crippen molar-refractivity contribution in [2.24, 2.45) is 5.92 Å². The smallest absolute Gasteiger partial charge is 0.136 e. The van der Waals surface area contributed by atoms with Crippen molar-refractivity contribution in [1.29, 1.82) is 0 Å². The normalized spacial score (nSPS) is 23.4. The van der Waals surface area contributed by atoms with E-state index in [4.69, 9.17) is 4.74 Å². The summed E-state index contributed by atoms with van der Waals surface area (Å²) in [7, 11) is 4.10. The summed E-state index contributed by atoms with van der Waals surface area (Å²) in [6.45, 7) is 5.07. The number of fused-ring (bicyclic) bond motifs is 1. The Morgan fingerprint density at radius 2 is 2.32 bits per heavy atom. The lowest BCUT2D eigenvalue weighted by Gasteiger charge is -2.31. The van der Waals surface area contributed by atoms with Crippen molar-refractivity contribution in [2.45, 2.75) is 19.4 Å². The van der Waals surface area contributed by atoms with Gasteiger partial charge in [-0.05, 0) is 12.3 Å². The van der Waals surface area contributed by atoms with Crippen molar-refractivity contribution >= 4 is 5.82 Å². The Bertz CT molecular complexity index is 443. The molecule has 3 heterocycles. The summed E-state index contributed by atoms with van der Waals surface area (Å²) in [5.41, 5.74) is 2.52. The highest BCUT2D eigenvalue weighted by molar-refractivity contribution is 5.48. The highest BCUT2D eigenvalue weighted by Gasteiger charge is 2.25. The van der Waals surface area contributed by atoms with Gasteiger partial charge >= 0.3 is 0 Å². The Hall–Kier alpha value is -1.20. The molecule has 1 aromatic rings. The van der Waals surface area contributed by atoms with Gasteiger partial charge in [0.2, 0.25) is 0 Å². The van der Waals surface area contributed by atoms with Gasteiger partial charge in [-0.25, -0.2) is 9.97 Å². The molecule has 0 amide bonds. The van der Waals surface area contributed by atoms with Gasteiger partial charge in [0.1, 0.15) is 12.1 Å². The third kappa shape index (κ3) is 2.72. The third-order valence-corrected chi connectivity index (χ3v) is 4.02. The second-order valence-electron chi connectivity index (χ2n) is 5.73. The standard InChI is InChI=1S/C14H22N4O/c1-17(2)14-12-8-18(7-11-4-6-19-9-11)5-3-13(12)15-10-16-14/h10-11H,3-9H2,1-2H3/t11-/m1/s1. The van der Waals surface area contributed by atoms with Gasteiger partial charge in [0.25, 0.3) is 0 Å². The zero-order valence-corrected chi connectivity index (χ0v) is 11.8. The first-order valence-corrected chi connectivity index (χ1v) is 7.04. The zero-order chi connectivity index (χ0) is 13.2. The van der Waals surface area contributed by atoms with E-state index in [1.54, 1.807) is 6.33 Å². The minimum Gasteiger partial charge on any atom is -0.381 e. The molecule has 2 aliphatic rings. The summed E-state index contributed by atoms with van der Waals surface area (Å²) in [6, 6.07) is 0. The van der Waals surface area contributed by atoms with Crippen LogP contribution in [0.1, 0.15) is 17.7 Å². The van der Waals surface area contributed by atoms with Crippen LogP contribution in [0.2, 0.25) is 0 Å². The summed E-state index contributed by atoms with van der Waals surface area (Å²) in [4.78, 5) is 13.5. The van der Waals surface area contributed by atoms with Crippen LogP contribution >= 0.6 is 0 Å². The van der Waals surface area contributed by atoms with E-state index >= 15 is 0 Å². The van der Waals surface area contributed by atoms with Crippen LogP contribution < -0.4 is 4.90 Å². The molecule has 0 unspecified atom stereocenters. The molecule has 3 rings (SSSR count). The highest BCUT2D eigenvalue weighted by atomic mass is 16.5. The van der Waals surface area contributed by atoms with E-state index in [0.717, 1.165) is 45.1 Å². The number of hydrogen-bond acceptors (Lipinski definition) is 5. The number of rotatable bonds is 3. The van der Waals surface area contributed by atoms with E-state index in [2.05, 4.69) is 19.8 Å². The van der Waals surface area contributed by atoms with Gasteiger partial charge in [-0.2, -0.15) is 0 Å². The van der Waals surface area contributed by atoms with Crippen LogP contribution in [0.15, 0.2) is 6.33 Å². The molecule has 1 atom stereocenters. The number of hydrogen-bond donors (Lipinski definition) is 0. The SMILES string of the molecule is CN(C)c1ncnc2c1CN(C[C@H]1CCOC1)CC2. The predicted octanol–water partition coefficient (Wildman–Crippen LogP) is 0.937. The van der Waals surface area contributed by atoms with E-state index in [9.17, 15) is 0 Å². The van der Waals surface area contributed by atoms with Crippen molar-refractivity contribution in [3.63, 3.8) is 0 Å². The number of aromatic nitrogens is 2. The summed E-state index contributed by atoms with van der Waals surface area (Å²) >= 11 is 0. The van der Waals surface area contributed by atoms with E-state index < -0.39 is 0 Å². The largest absolute Gasteiger partial charge is 0.381 e. The van der Waals surface area contributed by atoms with E-state index in [1.807, 2.05) is 14.1 Å². The van der Waals surface area contributed by atoms with Crippen LogP contribution in [0.4, 0.5) is 5.82 Å². The molecule has 0 aliphatic carbocycles. The van der Waals surface area contributed by atoms with Gasteiger partial charge in [-0.3, -0.25) is 4.90 Å². The average molecular weight is 262 g/mol. The third-order valence-electron chi connectivity index (χ3n) is 4.02. The Morgan fingerprint density at radius 3 is 3.05 bits per heavy atom. The fourth-order valence-electron chi connectivity index (χ4n) is 3.02. The molecule has 0 aromatic carbocycles. The molecule has 0 radical (unpaired) electrons. The molecule has 0 bridgehead atoms. The molecule has 104 valence electrons. The lowest BCUT2D eigenvalue weighted by molar-refractivity contribution is 0.161. The Labute approximate surface area is 114 Å². The number of nitrogens with zero attached hydrogens (tertiary/aromatic N) is 4. The van der Waals surface area contributed by atoms with E-state index in [-0.39, 0.29) is 0 Å². The first-order chi connectivity index (χ1) is 9.24. The highest BCUT2D eigenvalue weighted by Crippen LogP contribution is 2.25. The van der Waals surface area contributed by atoms with Crippen molar-refractivity contribution < 1.29 is 4.74 Å². The maximum absolute atomic E-state index is 5.47. The van der Waals surface area contributed by atoms with Gasteiger partial charge < -0.3 is 9.64 Å². The van der Waals surface area contributed by atoms with Crippen LogP contribution in [-0.4, -0.2) is 55.3 Å². The van der Waals surface area contributed by atoms with Crippen LogP contribution in [0.5, 0.6) is 0 Å². The summed E-state index contributed by atoms with van der Waals surface area (Å²) < 4.78 is 5.47. The molecule has 1 saturated heterocycles. The molecule has 5 nitrogen and oxygen atoms in total. The second kappa shape index (κ2) is 5.43. The Balaban J connectivity index is 1.74. The Kier molecular flexibility index (Phi) is 3.66. The summed E-state index contributed by atoms with van der Waals surface area (Å²) in [5.74, 6) is 1.77. The van der Waals surface area contributed by atoms with Crippen LogP contribution in [0.3, 0.4) is 0 Å². The maximum atomic E-state index is 5.47. The van der Waals surface area contributed by atoms with Gasteiger partial charge in [0.05, 0.1) is 12.3 Å². The number of anilines is 1. The summed E-state index contributed by atoms with van der Waals surface area (Å²) in [5, 5.41) is 0. The fourth-order valence-corrected chi connectivity index (χ4v) is 3.02. The minimum absolute atomic E-state index is 0.703. The zero-order valence-electron chi connectivity index (χ0n) is 11.8. The van der Waals surface area contributed by atoms with Crippen molar-refractivity contribution in [2.75, 3.05) is 45.3 Å². The second-order valence-corrected chi connectivity index (χ2v) is 5.73. The van der Waals surface area contributed by atoms with Gasteiger partial charge in [-0.15, -0.1) is 0 Å². The Morgan fingerprint density at radius 1 is 1.42 bits per heavy atom. The van der Waals surface area contributed by atoms with Gasteiger partial charge in [0, 0.05) is 52.3 Å². The lowest BCUT2D eigenvalue weighted by Crippen LogP contribution is -2.36. The van der Waals surface area contributed by atoms with Crippen molar-refractivity contribution in [3.05, 3.63) is 17.6 Å². The quantitative estimate of drug-likeness (QED) is 0.811.